The van der Waals surface area contributed by atoms with Crippen LogP contribution in [0.2, 0.25) is 0 Å². The van der Waals surface area contributed by atoms with Crippen LogP contribution in [0.15, 0.2) is 47.7 Å². The summed E-state index contributed by atoms with van der Waals surface area (Å²) in [5.74, 6) is -0.334. The maximum atomic E-state index is 12.2. The number of carbonyl (C=O) groups excluding carboxylic acids is 2. The summed E-state index contributed by atoms with van der Waals surface area (Å²) in [6.45, 7) is 0. The number of nitrogens with one attached hydrogen (secondary N) is 3. The van der Waals surface area contributed by atoms with Crippen LogP contribution in [0.5, 0.6) is 0 Å². The summed E-state index contributed by atoms with van der Waals surface area (Å²) < 4.78 is 0.397. The fourth-order valence-electron chi connectivity index (χ4n) is 2.23. The lowest BCUT2D eigenvalue weighted by Gasteiger charge is -2.12. The van der Waals surface area contributed by atoms with Gasteiger partial charge in [-0.2, -0.15) is 5.10 Å². The molecule has 1 aromatic heterocycles. The van der Waals surface area contributed by atoms with E-state index < -0.39 is 0 Å². The Bertz CT molecular complexity index is 840. The molecule has 0 saturated carbocycles. The SMILES string of the molecule is O=C1CCC(c2ccc(NC(=O)c3ccc[nH]c3=S)cc2)=NN1. The van der Waals surface area contributed by atoms with E-state index >= 15 is 0 Å². The smallest absolute Gasteiger partial charge is 0.258 e. The molecule has 0 spiro atoms. The quantitative estimate of drug-likeness (QED) is 0.758. The van der Waals surface area contributed by atoms with Gasteiger partial charge < -0.3 is 10.3 Å². The fourth-order valence-corrected chi connectivity index (χ4v) is 2.46. The van der Waals surface area contributed by atoms with Gasteiger partial charge in [0.05, 0.1) is 11.3 Å². The van der Waals surface area contributed by atoms with Crippen molar-refractivity contribution in [3.63, 3.8) is 0 Å². The van der Waals surface area contributed by atoms with Crippen LogP contribution in [0, 0.1) is 4.64 Å². The lowest BCUT2D eigenvalue weighted by molar-refractivity contribution is -0.121. The third-order valence-corrected chi connectivity index (χ3v) is 3.78. The molecule has 0 atom stereocenters. The highest BCUT2D eigenvalue weighted by molar-refractivity contribution is 7.71. The van der Waals surface area contributed by atoms with Crippen LogP contribution in [0.3, 0.4) is 0 Å². The Labute approximate surface area is 137 Å². The average Bonchev–Trinajstić information content (AvgIpc) is 2.57. The fraction of sp³-hybridized carbons (Fsp3) is 0.125. The molecule has 1 aromatic carbocycles. The van der Waals surface area contributed by atoms with Crippen LogP contribution < -0.4 is 10.7 Å². The van der Waals surface area contributed by atoms with E-state index in [9.17, 15) is 9.59 Å². The molecule has 2 heterocycles. The molecule has 1 aliphatic heterocycles. The number of hydrazone groups is 1. The van der Waals surface area contributed by atoms with Crippen molar-refractivity contribution in [1.29, 1.82) is 0 Å². The first kappa shape index (κ1) is 15.1. The van der Waals surface area contributed by atoms with Crippen LogP contribution >= 0.6 is 12.2 Å². The number of aromatic nitrogens is 1. The van der Waals surface area contributed by atoms with Crippen molar-refractivity contribution in [2.75, 3.05) is 5.32 Å². The maximum absolute atomic E-state index is 12.2. The maximum Gasteiger partial charge on any atom is 0.258 e. The van der Waals surface area contributed by atoms with E-state index in [2.05, 4.69) is 20.8 Å². The van der Waals surface area contributed by atoms with Gasteiger partial charge in [0, 0.05) is 24.7 Å². The van der Waals surface area contributed by atoms with Gasteiger partial charge >= 0.3 is 0 Å². The molecule has 23 heavy (non-hydrogen) atoms. The molecule has 2 amide bonds. The molecular formula is C16H14N4O2S. The topological polar surface area (TPSA) is 86.3 Å². The van der Waals surface area contributed by atoms with Crippen molar-refractivity contribution < 1.29 is 9.59 Å². The number of anilines is 1. The van der Waals surface area contributed by atoms with E-state index in [1.807, 2.05) is 12.1 Å². The zero-order chi connectivity index (χ0) is 16.2. The number of carbonyl (C=O) groups is 2. The molecule has 1 aliphatic rings. The van der Waals surface area contributed by atoms with Gasteiger partial charge in [-0.1, -0.05) is 24.4 Å². The number of pyridine rings is 1. The van der Waals surface area contributed by atoms with Crippen LogP contribution in [0.4, 0.5) is 5.69 Å². The Morgan fingerprint density at radius 1 is 1.17 bits per heavy atom. The van der Waals surface area contributed by atoms with Crippen molar-refractivity contribution in [3.05, 3.63) is 58.4 Å². The lowest BCUT2D eigenvalue weighted by atomic mass is 10.0. The Kier molecular flexibility index (Phi) is 4.29. The van der Waals surface area contributed by atoms with Crippen molar-refractivity contribution >= 4 is 35.4 Å². The number of hydrogen-bond acceptors (Lipinski definition) is 4. The molecule has 3 rings (SSSR count). The van der Waals surface area contributed by atoms with Crippen LogP contribution in [-0.2, 0) is 4.79 Å². The first-order valence-corrected chi connectivity index (χ1v) is 7.49. The summed E-state index contributed by atoms with van der Waals surface area (Å²) in [7, 11) is 0. The summed E-state index contributed by atoms with van der Waals surface area (Å²) in [4.78, 5) is 26.1. The predicted octanol–water partition coefficient (Wildman–Crippen LogP) is 2.61. The summed E-state index contributed by atoms with van der Waals surface area (Å²) >= 11 is 5.09. The highest BCUT2D eigenvalue weighted by atomic mass is 32.1. The van der Waals surface area contributed by atoms with E-state index in [1.165, 1.54) is 0 Å². The summed E-state index contributed by atoms with van der Waals surface area (Å²) in [5.41, 5.74) is 5.30. The number of hydrogen-bond donors (Lipinski definition) is 3. The Morgan fingerprint density at radius 2 is 1.96 bits per heavy atom. The highest BCUT2D eigenvalue weighted by Crippen LogP contribution is 2.15. The minimum atomic E-state index is -0.262. The first-order valence-electron chi connectivity index (χ1n) is 7.08. The minimum absolute atomic E-state index is 0.0722. The van der Waals surface area contributed by atoms with Gasteiger partial charge in [-0.05, 0) is 29.8 Å². The number of benzene rings is 1. The summed E-state index contributed by atoms with van der Waals surface area (Å²) in [6, 6.07) is 10.7. The van der Waals surface area contributed by atoms with Crippen molar-refractivity contribution in [3.8, 4) is 0 Å². The molecule has 0 fully saturated rings. The van der Waals surface area contributed by atoms with E-state index in [-0.39, 0.29) is 11.8 Å². The summed E-state index contributed by atoms with van der Waals surface area (Å²) in [6.07, 6.45) is 2.72. The lowest BCUT2D eigenvalue weighted by Crippen LogP contribution is -2.25. The zero-order valence-corrected chi connectivity index (χ0v) is 12.9. The molecule has 6 nitrogen and oxygen atoms in total. The highest BCUT2D eigenvalue weighted by Gasteiger charge is 2.13. The second kappa shape index (κ2) is 6.53. The molecule has 2 aromatic rings. The predicted molar refractivity (Wildman–Crippen MR) is 89.9 cm³/mol. The third-order valence-electron chi connectivity index (χ3n) is 3.44. The van der Waals surface area contributed by atoms with E-state index in [1.54, 1.807) is 30.5 Å². The van der Waals surface area contributed by atoms with Gasteiger partial charge in [-0.15, -0.1) is 0 Å². The van der Waals surface area contributed by atoms with E-state index in [0.717, 1.165) is 11.3 Å². The number of H-pyrrole nitrogens is 1. The Balaban J connectivity index is 1.73. The number of nitrogens with zero attached hydrogens (tertiary/aromatic N) is 1. The number of aromatic amines is 1. The largest absolute Gasteiger partial charge is 0.352 e. The standard InChI is InChI=1S/C16H14N4O2S/c21-14-8-7-13(19-20-14)10-3-5-11(6-4-10)18-15(22)12-2-1-9-17-16(12)23/h1-6,9H,7-8H2,(H,17,23)(H,18,22)(H,20,21). The first-order chi connectivity index (χ1) is 11.1. The molecule has 7 heteroatoms. The minimum Gasteiger partial charge on any atom is -0.352 e. The average molecular weight is 326 g/mol. The number of rotatable bonds is 3. The van der Waals surface area contributed by atoms with Crippen molar-refractivity contribution in [1.82, 2.24) is 10.4 Å². The molecule has 0 bridgehead atoms. The van der Waals surface area contributed by atoms with Gasteiger partial charge in [-0.3, -0.25) is 9.59 Å². The van der Waals surface area contributed by atoms with Gasteiger partial charge in [0.15, 0.2) is 0 Å². The molecule has 0 saturated heterocycles. The molecule has 0 radical (unpaired) electrons. The van der Waals surface area contributed by atoms with Crippen LogP contribution in [-0.4, -0.2) is 22.5 Å². The van der Waals surface area contributed by atoms with Gasteiger partial charge in [0.1, 0.15) is 4.64 Å². The molecule has 3 N–H and O–H groups in total. The van der Waals surface area contributed by atoms with Crippen molar-refractivity contribution in [2.45, 2.75) is 12.8 Å². The zero-order valence-electron chi connectivity index (χ0n) is 12.1. The molecule has 0 unspecified atom stereocenters. The van der Waals surface area contributed by atoms with Crippen molar-refractivity contribution in [2.24, 2.45) is 5.10 Å². The molecular weight excluding hydrogens is 312 g/mol. The second-order valence-corrected chi connectivity index (χ2v) is 5.45. The van der Waals surface area contributed by atoms with Gasteiger partial charge in [0.25, 0.3) is 5.91 Å². The second-order valence-electron chi connectivity index (χ2n) is 5.04. The van der Waals surface area contributed by atoms with E-state index in [4.69, 9.17) is 12.2 Å². The van der Waals surface area contributed by atoms with Crippen LogP contribution in [0.25, 0.3) is 0 Å². The molecule has 0 aliphatic carbocycles. The number of amides is 2. The van der Waals surface area contributed by atoms with Crippen LogP contribution in [0.1, 0.15) is 28.8 Å². The Morgan fingerprint density at radius 3 is 2.61 bits per heavy atom. The normalized spacial score (nSPS) is 13.9. The van der Waals surface area contributed by atoms with E-state index in [0.29, 0.717) is 28.7 Å². The Hall–Kier alpha value is -2.80. The van der Waals surface area contributed by atoms with Gasteiger partial charge in [0.2, 0.25) is 5.91 Å². The monoisotopic (exact) mass is 326 g/mol. The third kappa shape index (κ3) is 3.51. The summed E-state index contributed by atoms with van der Waals surface area (Å²) in [5, 5.41) is 6.84. The molecule has 116 valence electrons. The van der Waals surface area contributed by atoms with Gasteiger partial charge in [-0.25, -0.2) is 5.43 Å².